The topological polar surface area (TPSA) is 49.4 Å². The predicted molar refractivity (Wildman–Crippen MR) is 105 cm³/mol. The Morgan fingerprint density at radius 3 is 2.26 bits per heavy atom. The monoisotopic (exact) mass is 410 g/mol. The smallest absolute Gasteiger partial charge is 0.242 e. The van der Waals surface area contributed by atoms with Crippen molar-refractivity contribution in [1.82, 2.24) is 10.2 Å². The lowest BCUT2D eigenvalue weighted by molar-refractivity contribution is -0.140. The molecule has 1 atom stereocenters. The van der Waals surface area contributed by atoms with Crippen LogP contribution in [0.15, 0.2) is 42.5 Å². The summed E-state index contributed by atoms with van der Waals surface area (Å²) in [7, 11) is 0. The SMILES string of the molecule is CCNC(=O)[C@H](C)N(Cc1c(Cl)cccc1Cl)C(=O)Cc1ccc(F)cc1. The molecule has 0 heterocycles. The van der Waals surface area contributed by atoms with Crippen molar-refractivity contribution in [2.75, 3.05) is 6.54 Å². The first-order valence-electron chi connectivity index (χ1n) is 8.58. The molecule has 2 rings (SSSR count). The zero-order chi connectivity index (χ0) is 20.0. The summed E-state index contributed by atoms with van der Waals surface area (Å²) in [5.74, 6) is -0.925. The molecule has 0 radical (unpaired) electrons. The van der Waals surface area contributed by atoms with Crippen molar-refractivity contribution >= 4 is 35.0 Å². The Kier molecular flexibility index (Phi) is 7.63. The summed E-state index contributed by atoms with van der Waals surface area (Å²) in [5.41, 5.74) is 1.23. The van der Waals surface area contributed by atoms with Crippen LogP contribution >= 0.6 is 23.2 Å². The van der Waals surface area contributed by atoms with Gasteiger partial charge >= 0.3 is 0 Å². The molecular weight excluding hydrogens is 390 g/mol. The molecule has 0 saturated heterocycles. The van der Waals surface area contributed by atoms with Crippen LogP contribution in [0.25, 0.3) is 0 Å². The van der Waals surface area contributed by atoms with Crippen LogP contribution < -0.4 is 5.32 Å². The quantitative estimate of drug-likeness (QED) is 0.742. The average Bonchev–Trinajstić information content (AvgIpc) is 2.63. The van der Waals surface area contributed by atoms with E-state index in [0.717, 1.165) is 0 Å². The van der Waals surface area contributed by atoms with E-state index in [2.05, 4.69) is 5.32 Å². The van der Waals surface area contributed by atoms with Gasteiger partial charge in [-0.25, -0.2) is 4.39 Å². The van der Waals surface area contributed by atoms with Crippen molar-refractivity contribution in [2.24, 2.45) is 0 Å². The fraction of sp³-hybridized carbons (Fsp3) is 0.300. The molecule has 0 aromatic heterocycles. The van der Waals surface area contributed by atoms with Crippen LogP contribution in [0.4, 0.5) is 4.39 Å². The van der Waals surface area contributed by atoms with E-state index >= 15 is 0 Å². The van der Waals surface area contributed by atoms with E-state index in [1.165, 1.54) is 17.0 Å². The van der Waals surface area contributed by atoms with Gasteiger partial charge in [-0.1, -0.05) is 41.4 Å². The number of likely N-dealkylation sites (N-methyl/N-ethyl adjacent to an activating group) is 1. The molecule has 27 heavy (non-hydrogen) atoms. The molecule has 0 spiro atoms. The number of amides is 2. The standard InChI is InChI=1S/C20H21Cl2FN2O2/c1-3-24-20(27)13(2)25(12-16-17(21)5-4-6-18(16)22)19(26)11-14-7-9-15(23)10-8-14/h4-10,13H,3,11-12H2,1-2H3,(H,24,27)/t13-/m0/s1. The highest BCUT2D eigenvalue weighted by molar-refractivity contribution is 6.36. The van der Waals surface area contributed by atoms with Gasteiger partial charge < -0.3 is 10.2 Å². The molecule has 0 bridgehead atoms. The maximum atomic E-state index is 13.1. The zero-order valence-corrected chi connectivity index (χ0v) is 16.6. The number of halogens is 3. The summed E-state index contributed by atoms with van der Waals surface area (Å²) in [6.07, 6.45) is 0.0338. The van der Waals surface area contributed by atoms with Crippen LogP contribution in [0.3, 0.4) is 0 Å². The lowest BCUT2D eigenvalue weighted by atomic mass is 10.1. The Bertz CT molecular complexity index is 792. The van der Waals surface area contributed by atoms with Crippen molar-refractivity contribution in [3.05, 3.63) is 69.5 Å². The largest absolute Gasteiger partial charge is 0.355 e. The molecule has 2 aromatic rings. The van der Waals surface area contributed by atoms with Crippen LogP contribution in [0, 0.1) is 5.82 Å². The summed E-state index contributed by atoms with van der Waals surface area (Å²) in [4.78, 5) is 26.7. The zero-order valence-electron chi connectivity index (χ0n) is 15.1. The number of carbonyl (C=O) groups excluding carboxylic acids is 2. The molecular formula is C20H21Cl2FN2O2. The second-order valence-electron chi connectivity index (χ2n) is 6.10. The lowest BCUT2D eigenvalue weighted by Gasteiger charge is -2.29. The highest BCUT2D eigenvalue weighted by Crippen LogP contribution is 2.26. The van der Waals surface area contributed by atoms with E-state index in [9.17, 15) is 14.0 Å². The van der Waals surface area contributed by atoms with Crippen molar-refractivity contribution < 1.29 is 14.0 Å². The van der Waals surface area contributed by atoms with Gasteiger partial charge in [0.2, 0.25) is 11.8 Å². The summed E-state index contributed by atoms with van der Waals surface area (Å²) in [6.45, 7) is 4.01. The maximum absolute atomic E-state index is 13.1. The highest BCUT2D eigenvalue weighted by Gasteiger charge is 2.27. The van der Waals surface area contributed by atoms with Gasteiger partial charge in [-0.3, -0.25) is 9.59 Å². The van der Waals surface area contributed by atoms with Crippen molar-refractivity contribution in [1.29, 1.82) is 0 Å². The maximum Gasteiger partial charge on any atom is 0.242 e. The minimum Gasteiger partial charge on any atom is -0.355 e. The number of hydrogen-bond donors (Lipinski definition) is 1. The van der Waals surface area contributed by atoms with Crippen LogP contribution in [0.2, 0.25) is 10.0 Å². The number of nitrogens with one attached hydrogen (secondary N) is 1. The normalized spacial score (nSPS) is 11.7. The number of rotatable bonds is 7. The molecule has 2 aromatic carbocycles. The van der Waals surface area contributed by atoms with Gasteiger partial charge in [0.15, 0.2) is 0 Å². The van der Waals surface area contributed by atoms with Gasteiger partial charge in [-0.05, 0) is 43.7 Å². The van der Waals surface area contributed by atoms with Crippen molar-refractivity contribution in [3.63, 3.8) is 0 Å². The molecule has 0 saturated carbocycles. The summed E-state index contributed by atoms with van der Waals surface area (Å²) >= 11 is 12.5. The molecule has 2 amide bonds. The summed E-state index contributed by atoms with van der Waals surface area (Å²) in [6, 6.07) is 10.0. The van der Waals surface area contributed by atoms with Gasteiger partial charge in [-0.15, -0.1) is 0 Å². The number of carbonyl (C=O) groups is 2. The van der Waals surface area contributed by atoms with E-state index < -0.39 is 6.04 Å². The van der Waals surface area contributed by atoms with Gasteiger partial charge in [0.1, 0.15) is 11.9 Å². The van der Waals surface area contributed by atoms with Crippen molar-refractivity contribution in [2.45, 2.75) is 32.9 Å². The molecule has 0 fully saturated rings. The Labute approximate surface area is 168 Å². The van der Waals surface area contributed by atoms with Gasteiger partial charge in [-0.2, -0.15) is 0 Å². The van der Waals surface area contributed by atoms with Gasteiger partial charge in [0.25, 0.3) is 0 Å². The second-order valence-corrected chi connectivity index (χ2v) is 6.91. The minimum absolute atomic E-state index is 0.0338. The van der Waals surface area contributed by atoms with Gasteiger partial charge in [0.05, 0.1) is 6.42 Å². The predicted octanol–water partition coefficient (Wildman–Crippen LogP) is 4.23. The first kappa shape index (κ1) is 21.2. The Morgan fingerprint density at radius 2 is 1.70 bits per heavy atom. The molecule has 1 N–H and O–H groups in total. The van der Waals surface area contributed by atoms with E-state index in [1.807, 2.05) is 0 Å². The summed E-state index contributed by atoms with van der Waals surface area (Å²) in [5, 5.41) is 3.56. The molecule has 0 unspecified atom stereocenters. The molecule has 0 aliphatic rings. The first-order valence-corrected chi connectivity index (χ1v) is 9.33. The second kappa shape index (κ2) is 9.72. The Morgan fingerprint density at radius 1 is 1.11 bits per heavy atom. The fourth-order valence-electron chi connectivity index (χ4n) is 2.64. The fourth-order valence-corrected chi connectivity index (χ4v) is 3.15. The van der Waals surface area contributed by atoms with Crippen molar-refractivity contribution in [3.8, 4) is 0 Å². The van der Waals surface area contributed by atoms with E-state index in [-0.39, 0.29) is 30.6 Å². The molecule has 4 nitrogen and oxygen atoms in total. The van der Waals surface area contributed by atoms with Gasteiger partial charge in [0, 0.05) is 28.7 Å². The molecule has 144 valence electrons. The highest BCUT2D eigenvalue weighted by atomic mass is 35.5. The third-order valence-corrected chi connectivity index (χ3v) is 4.89. The van der Waals surface area contributed by atoms with Crippen LogP contribution in [-0.2, 0) is 22.6 Å². The number of hydrogen-bond acceptors (Lipinski definition) is 2. The van der Waals surface area contributed by atoms with Crippen LogP contribution in [0.5, 0.6) is 0 Å². The molecule has 0 aliphatic heterocycles. The number of benzene rings is 2. The third kappa shape index (κ3) is 5.68. The van der Waals surface area contributed by atoms with E-state index in [1.54, 1.807) is 44.2 Å². The average molecular weight is 411 g/mol. The lowest BCUT2D eigenvalue weighted by Crippen LogP contribution is -2.48. The minimum atomic E-state index is -0.717. The van der Waals surface area contributed by atoms with Crippen LogP contribution in [-0.4, -0.2) is 29.3 Å². The van der Waals surface area contributed by atoms with E-state index in [0.29, 0.717) is 27.7 Å². The third-order valence-electron chi connectivity index (χ3n) is 4.18. The first-order chi connectivity index (χ1) is 12.8. The summed E-state index contributed by atoms with van der Waals surface area (Å²) < 4.78 is 13.1. The molecule has 7 heteroatoms. The number of nitrogens with zero attached hydrogens (tertiary/aromatic N) is 1. The van der Waals surface area contributed by atoms with Crippen LogP contribution in [0.1, 0.15) is 25.0 Å². The van der Waals surface area contributed by atoms with E-state index in [4.69, 9.17) is 23.2 Å². The Balaban J connectivity index is 2.29. The Hall–Kier alpha value is -2.11. The molecule has 0 aliphatic carbocycles.